The summed E-state index contributed by atoms with van der Waals surface area (Å²) in [7, 11) is 0. The van der Waals surface area contributed by atoms with Crippen LogP contribution >= 0.6 is 0 Å². The maximum atomic E-state index is 12.2. The van der Waals surface area contributed by atoms with E-state index in [0.29, 0.717) is 5.82 Å². The van der Waals surface area contributed by atoms with Crippen molar-refractivity contribution in [3.63, 3.8) is 0 Å². The molecule has 3 aromatic heterocycles. The highest BCUT2D eigenvalue weighted by Crippen LogP contribution is 2.18. The fourth-order valence-electron chi connectivity index (χ4n) is 2.39. The van der Waals surface area contributed by atoms with Crippen LogP contribution in [0.4, 0.5) is 5.82 Å². The third kappa shape index (κ3) is 2.80. The van der Waals surface area contributed by atoms with Gasteiger partial charge in [0.1, 0.15) is 5.82 Å². The van der Waals surface area contributed by atoms with Crippen LogP contribution in [0, 0.1) is 6.92 Å². The Morgan fingerprint density at radius 3 is 2.76 bits per heavy atom. The lowest BCUT2D eigenvalue weighted by molar-refractivity contribution is 0.0996. The topological polar surface area (TPSA) is 105 Å². The van der Waals surface area contributed by atoms with Gasteiger partial charge in [0.15, 0.2) is 11.6 Å². The highest BCUT2D eigenvalue weighted by molar-refractivity contribution is 6.01. The van der Waals surface area contributed by atoms with Crippen LogP contribution in [0.5, 0.6) is 0 Å². The molecule has 0 radical (unpaired) electrons. The van der Waals surface area contributed by atoms with Gasteiger partial charge in [0.2, 0.25) is 5.78 Å². The highest BCUT2D eigenvalue weighted by atomic mass is 16.3. The predicted molar refractivity (Wildman–Crippen MR) is 90.4 cm³/mol. The molecule has 3 heterocycles. The molecule has 1 amide bonds. The average Bonchev–Trinajstić information content (AvgIpc) is 3.24. The summed E-state index contributed by atoms with van der Waals surface area (Å²) in [5.74, 6) is 0.524. The Balaban J connectivity index is 1.78. The first-order chi connectivity index (χ1) is 12.1. The molecule has 0 atom stereocenters. The Labute approximate surface area is 141 Å². The molecule has 4 rings (SSSR count). The summed E-state index contributed by atoms with van der Waals surface area (Å²) in [5, 5.41) is 6.99. The van der Waals surface area contributed by atoms with Gasteiger partial charge in [-0.25, -0.2) is 0 Å². The molecule has 0 saturated carbocycles. The Kier molecular flexibility index (Phi) is 3.42. The summed E-state index contributed by atoms with van der Waals surface area (Å²) in [6.07, 6.45) is 1.40. The molecule has 0 bridgehead atoms. The number of hydrogen-bond acceptors (Lipinski definition) is 5. The maximum Gasteiger partial charge on any atom is 0.292 e. The van der Waals surface area contributed by atoms with E-state index in [9.17, 15) is 9.59 Å². The van der Waals surface area contributed by atoms with Crippen molar-refractivity contribution in [2.75, 3.05) is 5.32 Å². The second kappa shape index (κ2) is 5.75. The van der Waals surface area contributed by atoms with Crippen molar-refractivity contribution in [3.8, 4) is 11.4 Å². The van der Waals surface area contributed by atoms with Gasteiger partial charge in [-0.05, 0) is 19.1 Å². The smallest absolute Gasteiger partial charge is 0.292 e. The molecule has 0 aliphatic rings. The number of benzene rings is 1. The van der Waals surface area contributed by atoms with Crippen molar-refractivity contribution in [2.45, 2.75) is 6.92 Å². The van der Waals surface area contributed by atoms with Gasteiger partial charge in [-0.1, -0.05) is 29.8 Å². The van der Waals surface area contributed by atoms with E-state index in [1.807, 2.05) is 31.2 Å². The minimum atomic E-state index is -0.482. The van der Waals surface area contributed by atoms with Crippen molar-refractivity contribution in [1.29, 1.82) is 0 Å². The number of carbonyl (C=O) groups excluding carboxylic acids is 1. The second-order valence-electron chi connectivity index (χ2n) is 5.49. The van der Waals surface area contributed by atoms with Crippen LogP contribution in [-0.4, -0.2) is 25.5 Å². The number of hydrogen-bond donors (Lipinski definition) is 2. The molecule has 8 heteroatoms. The summed E-state index contributed by atoms with van der Waals surface area (Å²) in [6.45, 7) is 1.99. The van der Waals surface area contributed by atoms with Crippen molar-refractivity contribution >= 4 is 17.5 Å². The number of fused-ring (bicyclic) bond motifs is 1. The summed E-state index contributed by atoms with van der Waals surface area (Å²) in [5.41, 5.74) is 1.52. The van der Waals surface area contributed by atoms with Crippen molar-refractivity contribution < 1.29 is 9.21 Å². The van der Waals surface area contributed by atoms with Crippen LogP contribution in [0.2, 0.25) is 0 Å². The third-order valence-electron chi connectivity index (χ3n) is 3.63. The fourth-order valence-corrected chi connectivity index (χ4v) is 2.39. The second-order valence-corrected chi connectivity index (χ2v) is 5.49. The molecule has 1 aromatic carbocycles. The van der Waals surface area contributed by atoms with Crippen LogP contribution in [-0.2, 0) is 0 Å². The van der Waals surface area contributed by atoms with Gasteiger partial charge in [-0.15, -0.1) is 5.10 Å². The summed E-state index contributed by atoms with van der Waals surface area (Å²) in [4.78, 5) is 30.9. The summed E-state index contributed by atoms with van der Waals surface area (Å²) in [6, 6.07) is 12.0. The largest absolute Gasteiger partial charge is 0.459 e. The molecular weight excluding hydrogens is 322 g/mol. The van der Waals surface area contributed by atoms with E-state index in [-0.39, 0.29) is 17.4 Å². The number of amides is 1. The monoisotopic (exact) mass is 335 g/mol. The minimum absolute atomic E-state index is 0.132. The minimum Gasteiger partial charge on any atom is -0.459 e. The standard InChI is InChI=1S/C17H13N5O3/c1-10-4-6-11(7-5-10)15-20-17-19-14(23)9-13(22(17)21-15)18-16(24)12-3-2-8-25-12/h2-9H,1H3,(H,18,24)(H,19,20,21,23). The number of furan rings is 1. The van der Waals surface area contributed by atoms with E-state index in [4.69, 9.17) is 4.42 Å². The molecule has 4 aromatic rings. The molecule has 0 unspecified atom stereocenters. The Bertz CT molecular complexity index is 1110. The fraction of sp³-hybridized carbons (Fsp3) is 0.0588. The SMILES string of the molecule is Cc1ccc(-c2nc3[nH]c(=O)cc(NC(=O)c4ccco4)n3n2)cc1. The first-order valence-corrected chi connectivity index (χ1v) is 7.52. The van der Waals surface area contributed by atoms with Crippen LogP contribution in [0.3, 0.4) is 0 Å². The first kappa shape index (κ1) is 14.9. The number of aryl methyl sites for hydroxylation is 1. The highest BCUT2D eigenvalue weighted by Gasteiger charge is 2.15. The van der Waals surface area contributed by atoms with Crippen LogP contribution in [0.15, 0.2) is 57.9 Å². The number of rotatable bonds is 3. The van der Waals surface area contributed by atoms with E-state index in [1.165, 1.54) is 22.9 Å². The summed E-state index contributed by atoms with van der Waals surface area (Å²) < 4.78 is 6.42. The zero-order valence-electron chi connectivity index (χ0n) is 13.2. The first-order valence-electron chi connectivity index (χ1n) is 7.52. The van der Waals surface area contributed by atoms with Crippen LogP contribution in [0.25, 0.3) is 17.2 Å². The van der Waals surface area contributed by atoms with E-state index < -0.39 is 11.5 Å². The Hall–Kier alpha value is -3.68. The molecule has 0 spiro atoms. The maximum absolute atomic E-state index is 12.2. The van der Waals surface area contributed by atoms with Crippen LogP contribution < -0.4 is 10.9 Å². The normalized spacial score (nSPS) is 10.9. The van der Waals surface area contributed by atoms with E-state index >= 15 is 0 Å². The zero-order valence-corrected chi connectivity index (χ0v) is 13.2. The third-order valence-corrected chi connectivity index (χ3v) is 3.63. The zero-order chi connectivity index (χ0) is 17.4. The number of nitrogens with zero attached hydrogens (tertiary/aromatic N) is 3. The lowest BCUT2D eigenvalue weighted by Crippen LogP contribution is -2.18. The van der Waals surface area contributed by atoms with Gasteiger partial charge in [-0.2, -0.15) is 9.50 Å². The molecule has 8 nitrogen and oxygen atoms in total. The number of aromatic nitrogens is 4. The van der Waals surface area contributed by atoms with Gasteiger partial charge in [0.05, 0.1) is 6.26 Å². The average molecular weight is 335 g/mol. The lowest BCUT2D eigenvalue weighted by atomic mass is 10.1. The Morgan fingerprint density at radius 1 is 1.24 bits per heavy atom. The molecule has 0 aliphatic carbocycles. The number of H-pyrrole nitrogens is 1. The van der Waals surface area contributed by atoms with Crippen molar-refractivity contribution in [1.82, 2.24) is 19.6 Å². The number of nitrogens with one attached hydrogen (secondary N) is 2. The van der Waals surface area contributed by atoms with Gasteiger partial charge in [0.25, 0.3) is 11.5 Å². The van der Waals surface area contributed by atoms with Gasteiger partial charge in [-0.3, -0.25) is 14.6 Å². The van der Waals surface area contributed by atoms with E-state index in [2.05, 4.69) is 20.4 Å². The van der Waals surface area contributed by atoms with E-state index in [0.717, 1.165) is 11.1 Å². The molecule has 25 heavy (non-hydrogen) atoms. The molecule has 0 saturated heterocycles. The van der Waals surface area contributed by atoms with Crippen LogP contribution in [0.1, 0.15) is 16.1 Å². The molecule has 0 fully saturated rings. The lowest BCUT2D eigenvalue weighted by Gasteiger charge is -2.04. The van der Waals surface area contributed by atoms with Crippen molar-refractivity contribution in [2.24, 2.45) is 0 Å². The number of carbonyl (C=O) groups is 1. The molecule has 2 N–H and O–H groups in total. The molecule has 124 valence electrons. The summed E-state index contributed by atoms with van der Waals surface area (Å²) >= 11 is 0. The number of aromatic amines is 1. The number of anilines is 1. The van der Waals surface area contributed by atoms with E-state index in [1.54, 1.807) is 6.07 Å². The van der Waals surface area contributed by atoms with Gasteiger partial charge < -0.3 is 9.73 Å². The quantitative estimate of drug-likeness (QED) is 0.597. The Morgan fingerprint density at radius 2 is 2.04 bits per heavy atom. The molecule has 0 aliphatic heterocycles. The van der Waals surface area contributed by atoms with Gasteiger partial charge >= 0.3 is 0 Å². The van der Waals surface area contributed by atoms with Crippen molar-refractivity contribution in [3.05, 3.63) is 70.4 Å². The van der Waals surface area contributed by atoms with Gasteiger partial charge in [0, 0.05) is 11.6 Å². The predicted octanol–water partition coefficient (Wildman–Crippen LogP) is 2.24. The molecular formula is C17H13N5O3.